The van der Waals surface area contributed by atoms with Gasteiger partial charge in [-0.15, -0.1) is 0 Å². The molecule has 1 aromatic heterocycles. The molecule has 2 aromatic carbocycles. The summed E-state index contributed by atoms with van der Waals surface area (Å²) < 4.78 is 7.25. The topological polar surface area (TPSA) is 75.9 Å². The van der Waals surface area contributed by atoms with Gasteiger partial charge in [-0.25, -0.2) is 4.99 Å². The minimum Gasteiger partial charge on any atom is -0.497 e. The van der Waals surface area contributed by atoms with Crippen LogP contribution in [0.2, 0.25) is 5.02 Å². The summed E-state index contributed by atoms with van der Waals surface area (Å²) in [4.78, 5) is 33.0. The second kappa shape index (κ2) is 7.00. The van der Waals surface area contributed by atoms with Gasteiger partial charge in [0.2, 0.25) is 0 Å². The zero-order valence-electron chi connectivity index (χ0n) is 16.2. The molecule has 0 radical (unpaired) electrons. The van der Waals surface area contributed by atoms with Gasteiger partial charge in [0.05, 0.1) is 12.7 Å². The van der Waals surface area contributed by atoms with Crippen LogP contribution in [0.25, 0.3) is 5.57 Å². The molecule has 5 rings (SSSR count). The van der Waals surface area contributed by atoms with Gasteiger partial charge in [-0.1, -0.05) is 29.0 Å². The maximum absolute atomic E-state index is 13.2. The van der Waals surface area contributed by atoms with Crippen LogP contribution in [0.5, 0.6) is 5.75 Å². The van der Waals surface area contributed by atoms with E-state index in [0.717, 1.165) is 11.3 Å². The molecular weight excluding hydrogens is 424 g/mol. The van der Waals surface area contributed by atoms with E-state index in [9.17, 15) is 9.59 Å². The van der Waals surface area contributed by atoms with Crippen molar-refractivity contribution < 1.29 is 9.53 Å². The van der Waals surface area contributed by atoms with Crippen molar-refractivity contribution in [3.63, 3.8) is 0 Å². The van der Waals surface area contributed by atoms with Gasteiger partial charge in [-0.3, -0.25) is 14.2 Å². The molecule has 1 amide bonds. The Kier molecular flexibility index (Phi) is 4.41. The van der Waals surface area contributed by atoms with Crippen LogP contribution in [0.4, 0.5) is 11.4 Å². The third kappa shape index (κ3) is 2.91. The summed E-state index contributed by atoms with van der Waals surface area (Å²) >= 11 is 7.50. The molecular formula is C21H17ClN4O3S. The van der Waals surface area contributed by atoms with Crippen LogP contribution in [0, 0.1) is 6.92 Å². The number of hydrogen-bond acceptors (Lipinski definition) is 6. The molecule has 152 valence electrons. The van der Waals surface area contributed by atoms with Crippen molar-refractivity contribution in [1.29, 1.82) is 0 Å². The highest BCUT2D eigenvalue weighted by atomic mass is 35.5. The number of carbonyl (C=O) groups is 1. The van der Waals surface area contributed by atoms with E-state index in [1.807, 2.05) is 30.0 Å². The van der Waals surface area contributed by atoms with Gasteiger partial charge in [0, 0.05) is 22.0 Å². The van der Waals surface area contributed by atoms with E-state index in [4.69, 9.17) is 16.3 Å². The first-order valence-electron chi connectivity index (χ1n) is 9.25. The quantitative estimate of drug-likeness (QED) is 0.662. The maximum atomic E-state index is 13.2. The van der Waals surface area contributed by atoms with Crippen molar-refractivity contribution in [3.05, 3.63) is 72.2 Å². The highest BCUT2D eigenvalue weighted by molar-refractivity contribution is 7.07. The second-order valence-corrected chi connectivity index (χ2v) is 8.49. The number of hydrogen-bond donors (Lipinski definition) is 1. The number of nitrogens with one attached hydrogen (secondary N) is 1. The Morgan fingerprint density at radius 2 is 2.03 bits per heavy atom. The van der Waals surface area contributed by atoms with Gasteiger partial charge in [0.25, 0.3) is 11.5 Å². The summed E-state index contributed by atoms with van der Waals surface area (Å²) in [7, 11) is 1.56. The SMILES string of the molecule is COc1ccc2c(c1)/C(=c1/sc3n(c1=O)CN(c1ccc(C)c(Cl)c1)CN=3)C(=O)N2. The number of methoxy groups -OCH3 is 1. The molecule has 0 unspecified atom stereocenters. The molecule has 2 aliphatic heterocycles. The Morgan fingerprint density at radius 3 is 2.80 bits per heavy atom. The highest BCUT2D eigenvalue weighted by Crippen LogP contribution is 2.33. The Morgan fingerprint density at radius 1 is 1.20 bits per heavy atom. The number of thiazole rings is 1. The lowest BCUT2D eigenvalue weighted by Crippen LogP contribution is -2.43. The smallest absolute Gasteiger partial charge is 0.272 e. The normalized spacial score (nSPS) is 16.6. The first-order chi connectivity index (χ1) is 14.5. The van der Waals surface area contributed by atoms with Crippen LogP contribution in [-0.2, 0) is 11.5 Å². The fourth-order valence-electron chi connectivity index (χ4n) is 3.60. The Labute approximate surface area is 180 Å². The highest BCUT2D eigenvalue weighted by Gasteiger charge is 2.28. The van der Waals surface area contributed by atoms with E-state index in [0.29, 0.717) is 50.3 Å². The number of nitrogens with zero attached hydrogens (tertiary/aromatic N) is 3. The van der Waals surface area contributed by atoms with Crippen molar-refractivity contribution in [1.82, 2.24) is 4.57 Å². The van der Waals surface area contributed by atoms with E-state index in [2.05, 4.69) is 10.3 Å². The average molecular weight is 441 g/mol. The molecule has 1 N–H and O–H groups in total. The molecule has 0 saturated carbocycles. The van der Waals surface area contributed by atoms with E-state index in [1.54, 1.807) is 29.9 Å². The molecule has 0 spiro atoms. The van der Waals surface area contributed by atoms with Crippen LogP contribution in [0.3, 0.4) is 0 Å². The van der Waals surface area contributed by atoms with Crippen molar-refractivity contribution in [3.8, 4) is 5.75 Å². The monoisotopic (exact) mass is 440 g/mol. The van der Waals surface area contributed by atoms with Crippen molar-refractivity contribution in [2.45, 2.75) is 13.6 Å². The maximum Gasteiger partial charge on any atom is 0.272 e. The zero-order chi connectivity index (χ0) is 21.0. The number of carbonyl (C=O) groups excluding carboxylic acids is 1. The Balaban J connectivity index is 1.63. The summed E-state index contributed by atoms with van der Waals surface area (Å²) in [5.74, 6) is 0.327. The van der Waals surface area contributed by atoms with Crippen molar-refractivity contribution >= 4 is 45.8 Å². The standard InChI is InChI=1S/C21H17ClN4O3S/c1-11-3-4-12(7-15(11)22)25-9-23-21-26(10-25)20(28)18(30-21)17-14-8-13(29-2)5-6-16(14)24-19(17)27/h3-8H,9-10H2,1-2H3,(H,24,27)/b18-17-. The molecule has 0 aliphatic carbocycles. The Hall–Kier alpha value is -3.10. The van der Waals surface area contributed by atoms with E-state index >= 15 is 0 Å². The number of benzene rings is 2. The molecule has 30 heavy (non-hydrogen) atoms. The number of ether oxygens (including phenoxy) is 1. The predicted molar refractivity (Wildman–Crippen MR) is 117 cm³/mol. The Bertz CT molecular complexity index is 1390. The number of aromatic nitrogens is 1. The van der Waals surface area contributed by atoms with Crippen molar-refractivity contribution in [2.75, 3.05) is 24.0 Å². The van der Waals surface area contributed by atoms with Gasteiger partial charge >= 0.3 is 0 Å². The molecule has 0 fully saturated rings. The van der Waals surface area contributed by atoms with Gasteiger partial charge in [0.1, 0.15) is 23.6 Å². The molecule has 3 heterocycles. The number of halogens is 1. The van der Waals surface area contributed by atoms with Crippen LogP contribution >= 0.6 is 22.9 Å². The largest absolute Gasteiger partial charge is 0.497 e. The van der Waals surface area contributed by atoms with Gasteiger partial charge in [-0.2, -0.15) is 0 Å². The molecule has 0 bridgehead atoms. The van der Waals surface area contributed by atoms with Crippen LogP contribution in [0.1, 0.15) is 11.1 Å². The lowest BCUT2D eigenvalue weighted by atomic mass is 10.1. The summed E-state index contributed by atoms with van der Waals surface area (Å²) in [6, 6.07) is 11.1. The van der Waals surface area contributed by atoms with Crippen LogP contribution < -0.4 is 29.8 Å². The molecule has 0 atom stereocenters. The molecule has 7 nitrogen and oxygen atoms in total. The fourth-order valence-corrected chi connectivity index (χ4v) is 4.83. The molecule has 2 aliphatic rings. The zero-order valence-corrected chi connectivity index (χ0v) is 17.8. The summed E-state index contributed by atoms with van der Waals surface area (Å²) in [6.45, 7) is 2.69. The summed E-state index contributed by atoms with van der Waals surface area (Å²) in [6.07, 6.45) is 0. The van der Waals surface area contributed by atoms with Gasteiger partial charge in [-0.05, 0) is 42.8 Å². The summed E-state index contributed by atoms with van der Waals surface area (Å²) in [5.41, 5.74) is 3.34. The number of aryl methyl sites for hydroxylation is 1. The molecule has 3 aromatic rings. The second-order valence-electron chi connectivity index (χ2n) is 7.10. The minimum absolute atomic E-state index is 0.234. The first kappa shape index (κ1) is 18.9. The van der Waals surface area contributed by atoms with E-state index < -0.39 is 0 Å². The van der Waals surface area contributed by atoms with Crippen molar-refractivity contribution in [2.24, 2.45) is 4.99 Å². The third-order valence-corrected chi connectivity index (χ3v) is 6.79. The predicted octanol–water partition coefficient (Wildman–Crippen LogP) is 2.09. The van der Waals surface area contributed by atoms with Gasteiger partial charge < -0.3 is 15.0 Å². The first-order valence-corrected chi connectivity index (χ1v) is 10.4. The molecule has 0 saturated heterocycles. The van der Waals surface area contributed by atoms with Gasteiger partial charge in [0.15, 0.2) is 4.80 Å². The third-order valence-electron chi connectivity index (χ3n) is 5.27. The number of anilines is 2. The lowest BCUT2D eigenvalue weighted by Gasteiger charge is -2.26. The minimum atomic E-state index is -0.295. The molecule has 9 heteroatoms. The van der Waals surface area contributed by atoms with E-state index in [-0.39, 0.29) is 11.5 Å². The number of amides is 1. The number of rotatable bonds is 2. The van der Waals surface area contributed by atoms with E-state index in [1.165, 1.54) is 11.3 Å². The lowest BCUT2D eigenvalue weighted by molar-refractivity contribution is -0.110. The number of fused-ring (bicyclic) bond motifs is 2. The van der Waals surface area contributed by atoms with Crippen LogP contribution in [-0.4, -0.2) is 24.3 Å². The average Bonchev–Trinajstić information content (AvgIpc) is 3.24. The van der Waals surface area contributed by atoms with Crippen LogP contribution in [0.15, 0.2) is 46.2 Å². The fraction of sp³-hybridized carbons (Fsp3) is 0.190. The summed E-state index contributed by atoms with van der Waals surface area (Å²) in [5, 5.41) is 3.49.